The summed E-state index contributed by atoms with van der Waals surface area (Å²) in [6, 6.07) is 8.47. The molecule has 1 N–H and O–H groups in total. The van der Waals surface area contributed by atoms with Crippen molar-refractivity contribution >= 4 is 22.4 Å². The van der Waals surface area contributed by atoms with Gasteiger partial charge in [-0.1, -0.05) is 19.1 Å². The van der Waals surface area contributed by atoms with E-state index < -0.39 is 0 Å². The number of fused-ring (bicyclic) bond motifs is 1. The molecule has 1 aromatic carbocycles. The summed E-state index contributed by atoms with van der Waals surface area (Å²) in [7, 11) is 2.07. The van der Waals surface area contributed by atoms with Crippen LogP contribution in [0.4, 0.5) is 0 Å². The molecular formula is C16H20N4S. The molecule has 0 aliphatic heterocycles. The maximum Gasteiger partial charge on any atom is 0.123 e. The van der Waals surface area contributed by atoms with Gasteiger partial charge >= 0.3 is 0 Å². The molecule has 110 valence electrons. The summed E-state index contributed by atoms with van der Waals surface area (Å²) in [6.07, 6.45) is 3.03. The van der Waals surface area contributed by atoms with Gasteiger partial charge in [0, 0.05) is 18.1 Å². The molecule has 0 saturated carbocycles. The Morgan fingerprint density at radius 1 is 1.33 bits per heavy atom. The van der Waals surface area contributed by atoms with Gasteiger partial charge in [0.15, 0.2) is 0 Å². The number of nitrogens with one attached hydrogen (secondary N) is 1. The fraction of sp³-hybridized carbons (Fsp3) is 0.375. The van der Waals surface area contributed by atoms with Crippen LogP contribution in [0.15, 0.2) is 30.5 Å². The lowest BCUT2D eigenvalue weighted by atomic mass is 10.3. The molecule has 0 bridgehead atoms. The molecule has 2 aromatic heterocycles. The number of rotatable bonds is 5. The van der Waals surface area contributed by atoms with Gasteiger partial charge in [-0.15, -0.1) is 11.3 Å². The minimum absolute atomic E-state index is 0.245. The van der Waals surface area contributed by atoms with Crippen molar-refractivity contribution in [3.05, 3.63) is 46.2 Å². The second-order valence-corrected chi connectivity index (χ2v) is 6.34. The third-order valence-corrected chi connectivity index (χ3v) is 5.06. The molecule has 4 nitrogen and oxygen atoms in total. The summed E-state index contributed by atoms with van der Waals surface area (Å²) in [5.41, 5.74) is 2.22. The van der Waals surface area contributed by atoms with Gasteiger partial charge in [-0.05, 0) is 25.5 Å². The van der Waals surface area contributed by atoms with Crippen LogP contribution >= 0.6 is 11.3 Å². The van der Waals surface area contributed by atoms with Crippen LogP contribution in [0.2, 0.25) is 0 Å². The van der Waals surface area contributed by atoms with E-state index in [9.17, 15) is 0 Å². The van der Waals surface area contributed by atoms with Gasteiger partial charge in [-0.25, -0.2) is 9.97 Å². The predicted molar refractivity (Wildman–Crippen MR) is 87.5 cm³/mol. The van der Waals surface area contributed by atoms with Crippen LogP contribution in [0, 0.1) is 0 Å². The Morgan fingerprint density at radius 3 is 2.86 bits per heavy atom. The second-order valence-electron chi connectivity index (χ2n) is 5.20. The van der Waals surface area contributed by atoms with Crippen molar-refractivity contribution in [3.8, 4) is 0 Å². The summed E-state index contributed by atoms with van der Waals surface area (Å²) < 4.78 is 2.15. The van der Waals surface area contributed by atoms with E-state index >= 15 is 0 Å². The summed E-state index contributed by atoms with van der Waals surface area (Å²) in [5.74, 6) is 1.05. The fourth-order valence-corrected chi connectivity index (χ4v) is 3.26. The van der Waals surface area contributed by atoms with Crippen molar-refractivity contribution in [1.29, 1.82) is 0 Å². The number of nitrogens with zero attached hydrogens (tertiary/aromatic N) is 3. The van der Waals surface area contributed by atoms with Gasteiger partial charge in [0.2, 0.25) is 0 Å². The summed E-state index contributed by atoms with van der Waals surface area (Å²) in [4.78, 5) is 10.5. The zero-order chi connectivity index (χ0) is 14.8. The van der Waals surface area contributed by atoms with E-state index in [1.54, 1.807) is 11.3 Å². The molecule has 0 aliphatic carbocycles. The molecule has 21 heavy (non-hydrogen) atoms. The highest BCUT2D eigenvalue weighted by molar-refractivity contribution is 7.11. The van der Waals surface area contributed by atoms with Gasteiger partial charge < -0.3 is 9.88 Å². The molecular weight excluding hydrogens is 280 g/mol. The average Bonchev–Trinajstić information content (AvgIpc) is 3.10. The Labute approximate surface area is 128 Å². The quantitative estimate of drug-likeness (QED) is 0.785. The maximum atomic E-state index is 4.68. The van der Waals surface area contributed by atoms with E-state index in [0.717, 1.165) is 29.3 Å². The summed E-state index contributed by atoms with van der Waals surface area (Å²) in [6.45, 7) is 5.06. The molecule has 3 aromatic rings. The first-order chi connectivity index (χ1) is 10.2. The SMILES string of the molecule is CCc1cnc(C(C)NCc2nc3ccccc3n2C)s1. The largest absolute Gasteiger partial charge is 0.330 e. The van der Waals surface area contributed by atoms with Crippen LogP contribution in [0.3, 0.4) is 0 Å². The zero-order valence-electron chi connectivity index (χ0n) is 12.6. The lowest BCUT2D eigenvalue weighted by Gasteiger charge is -2.10. The number of thiazole rings is 1. The smallest absolute Gasteiger partial charge is 0.123 e. The van der Waals surface area contributed by atoms with E-state index in [1.807, 2.05) is 18.3 Å². The first kappa shape index (κ1) is 14.2. The lowest BCUT2D eigenvalue weighted by Crippen LogP contribution is -2.20. The van der Waals surface area contributed by atoms with E-state index in [4.69, 9.17) is 0 Å². The number of benzene rings is 1. The highest BCUT2D eigenvalue weighted by Gasteiger charge is 2.12. The Kier molecular flexibility index (Phi) is 4.03. The lowest BCUT2D eigenvalue weighted by molar-refractivity contribution is 0.549. The standard InChI is InChI=1S/C16H20N4S/c1-4-12-9-18-16(21-12)11(2)17-10-15-19-13-7-5-6-8-14(13)20(15)3/h5-9,11,17H,4,10H2,1-3H3. The molecule has 1 unspecified atom stereocenters. The minimum Gasteiger partial charge on any atom is -0.330 e. The molecule has 0 saturated heterocycles. The molecule has 0 amide bonds. The van der Waals surface area contributed by atoms with Crippen molar-refractivity contribution in [3.63, 3.8) is 0 Å². The Bertz CT molecular complexity index is 744. The molecule has 0 radical (unpaired) electrons. The molecule has 0 fully saturated rings. The van der Waals surface area contributed by atoms with Gasteiger partial charge in [0.05, 0.1) is 23.6 Å². The van der Waals surface area contributed by atoms with Crippen LogP contribution in [-0.2, 0) is 20.0 Å². The third-order valence-electron chi connectivity index (χ3n) is 3.74. The van der Waals surface area contributed by atoms with Gasteiger partial charge in [-0.2, -0.15) is 0 Å². The summed E-state index contributed by atoms with van der Waals surface area (Å²) in [5, 5.41) is 4.66. The number of aryl methyl sites for hydroxylation is 2. The number of imidazole rings is 1. The first-order valence-corrected chi connectivity index (χ1v) is 8.09. The summed E-state index contributed by atoms with van der Waals surface area (Å²) >= 11 is 1.78. The highest BCUT2D eigenvalue weighted by Crippen LogP contribution is 2.21. The van der Waals surface area contributed by atoms with Crippen molar-refractivity contribution in [1.82, 2.24) is 19.9 Å². The van der Waals surface area contributed by atoms with E-state index in [1.165, 1.54) is 10.4 Å². The van der Waals surface area contributed by atoms with Crippen molar-refractivity contribution < 1.29 is 0 Å². The van der Waals surface area contributed by atoms with Gasteiger partial charge in [0.1, 0.15) is 10.8 Å². The number of para-hydroxylation sites is 2. The van der Waals surface area contributed by atoms with Crippen molar-refractivity contribution in [2.45, 2.75) is 32.9 Å². The topological polar surface area (TPSA) is 42.7 Å². The Hall–Kier alpha value is -1.72. The Balaban J connectivity index is 1.72. The Morgan fingerprint density at radius 2 is 2.14 bits per heavy atom. The molecule has 1 atom stereocenters. The van der Waals surface area contributed by atoms with Crippen molar-refractivity contribution in [2.24, 2.45) is 7.05 Å². The van der Waals surface area contributed by atoms with Crippen LogP contribution in [0.1, 0.15) is 35.6 Å². The normalized spacial score (nSPS) is 12.9. The molecule has 2 heterocycles. The first-order valence-electron chi connectivity index (χ1n) is 7.27. The van der Waals surface area contributed by atoms with Crippen molar-refractivity contribution in [2.75, 3.05) is 0 Å². The fourth-order valence-electron chi connectivity index (χ4n) is 2.37. The van der Waals surface area contributed by atoms with E-state index in [2.05, 4.69) is 52.9 Å². The van der Waals surface area contributed by atoms with Crippen LogP contribution in [0.5, 0.6) is 0 Å². The maximum absolute atomic E-state index is 4.68. The number of aromatic nitrogens is 3. The van der Waals surface area contributed by atoms with E-state index in [0.29, 0.717) is 0 Å². The minimum atomic E-state index is 0.245. The van der Waals surface area contributed by atoms with Crippen LogP contribution in [0.25, 0.3) is 11.0 Å². The second kappa shape index (κ2) is 5.95. The predicted octanol–water partition coefficient (Wildman–Crippen LogP) is 3.44. The molecule has 0 spiro atoms. The zero-order valence-corrected chi connectivity index (χ0v) is 13.4. The van der Waals surface area contributed by atoms with Crippen LogP contribution in [-0.4, -0.2) is 14.5 Å². The van der Waals surface area contributed by atoms with Crippen LogP contribution < -0.4 is 5.32 Å². The average molecular weight is 300 g/mol. The van der Waals surface area contributed by atoms with Gasteiger partial charge in [-0.3, -0.25) is 0 Å². The number of hydrogen-bond donors (Lipinski definition) is 1. The van der Waals surface area contributed by atoms with E-state index in [-0.39, 0.29) is 6.04 Å². The number of hydrogen-bond acceptors (Lipinski definition) is 4. The monoisotopic (exact) mass is 300 g/mol. The molecule has 3 rings (SSSR count). The van der Waals surface area contributed by atoms with Gasteiger partial charge in [0.25, 0.3) is 0 Å². The highest BCUT2D eigenvalue weighted by atomic mass is 32.1. The molecule has 0 aliphatic rings. The molecule has 5 heteroatoms. The third kappa shape index (κ3) is 2.84.